The fourth-order valence-electron chi connectivity index (χ4n) is 4.26. The molecule has 1 saturated heterocycles. The van der Waals surface area contributed by atoms with Crippen molar-refractivity contribution in [3.63, 3.8) is 0 Å². The van der Waals surface area contributed by atoms with Crippen LogP contribution in [-0.2, 0) is 10.2 Å². The molecule has 1 aliphatic rings. The van der Waals surface area contributed by atoms with E-state index in [1.54, 1.807) is 14.2 Å². The molecule has 35 heavy (non-hydrogen) atoms. The molecule has 0 radical (unpaired) electrons. The van der Waals surface area contributed by atoms with E-state index >= 15 is 0 Å². The van der Waals surface area contributed by atoms with E-state index in [0.717, 1.165) is 11.1 Å². The van der Waals surface area contributed by atoms with Gasteiger partial charge in [-0.25, -0.2) is 14.8 Å². The number of benzene rings is 2. The van der Waals surface area contributed by atoms with Crippen molar-refractivity contribution < 1.29 is 28.7 Å². The third-order valence-corrected chi connectivity index (χ3v) is 6.39. The number of carbonyl (C=O) groups is 2. The van der Waals surface area contributed by atoms with Crippen LogP contribution in [0.4, 0.5) is 4.79 Å². The molecule has 3 amide bonds. The Morgan fingerprint density at radius 3 is 1.97 bits per heavy atom. The first-order chi connectivity index (χ1) is 16.8. The van der Waals surface area contributed by atoms with Crippen molar-refractivity contribution in [3.8, 4) is 34.1 Å². The van der Waals surface area contributed by atoms with Gasteiger partial charge in [0.2, 0.25) is 11.8 Å². The van der Waals surface area contributed by atoms with Gasteiger partial charge in [0, 0.05) is 31.3 Å². The number of nitrogens with two attached hydrogens (primary N) is 1. The Morgan fingerprint density at radius 1 is 1.00 bits per heavy atom. The van der Waals surface area contributed by atoms with Crippen molar-refractivity contribution in [1.82, 2.24) is 14.9 Å². The molecule has 0 aliphatic carbocycles. The number of oxazole rings is 1. The Bertz CT molecular complexity index is 1130. The van der Waals surface area contributed by atoms with Gasteiger partial charge in [0.1, 0.15) is 22.6 Å². The summed E-state index contributed by atoms with van der Waals surface area (Å²) in [6.45, 7) is 0.426. The first-order valence-corrected chi connectivity index (χ1v) is 11.1. The summed E-state index contributed by atoms with van der Waals surface area (Å²) >= 11 is 0. The van der Waals surface area contributed by atoms with Crippen LogP contribution >= 0.6 is 0 Å². The number of likely N-dealkylation sites (tertiary alicyclic amines) is 1. The van der Waals surface area contributed by atoms with Crippen molar-refractivity contribution in [1.29, 1.82) is 0 Å². The van der Waals surface area contributed by atoms with Crippen molar-refractivity contribution in [2.75, 3.05) is 34.4 Å². The predicted molar refractivity (Wildman–Crippen MR) is 127 cm³/mol. The van der Waals surface area contributed by atoms with E-state index < -0.39 is 17.4 Å². The number of hydrogen-bond donors (Lipinski definition) is 2. The zero-order valence-electron chi connectivity index (χ0n) is 19.9. The lowest BCUT2D eigenvalue weighted by atomic mass is 9.77. The van der Waals surface area contributed by atoms with Crippen molar-refractivity contribution >= 4 is 11.9 Å². The van der Waals surface area contributed by atoms with Gasteiger partial charge in [-0.15, -0.1) is 0 Å². The second-order valence-electron chi connectivity index (χ2n) is 8.39. The molecule has 1 aliphatic heterocycles. The summed E-state index contributed by atoms with van der Waals surface area (Å²) < 4.78 is 16.8. The maximum atomic E-state index is 12.8. The standard InChI is InChI=1S/C25H28N4O6/c1-28(32)24(31)29-14-12-25(13-15-29,22(26)30)23-27-20(16-4-8-18(33-2)9-5-16)21(35-23)17-6-10-19(34-3)11-7-17/h4-11,32H,12-15H2,1-3H3,(H2,26,30). The Labute approximate surface area is 202 Å². The van der Waals surface area contributed by atoms with Crippen LogP contribution in [0.2, 0.25) is 0 Å². The monoisotopic (exact) mass is 480 g/mol. The number of hydroxylamine groups is 2. The Hall–Kier alpha value is -4.05. The quantitative estimate of drug-likeness (QED) is 0.409. The number of urea groups is 1. The zero-order valence-corrected chi connectivity index (χ0v) is 19.9. The minimum atomic E-state index is -1.20. The van der Waals surface area contributed by atoms with E-state index in [2.05, 4.69) is 0 Å². The molecule has 1 fully saturated rings. The lowest BCUT2D eigenvalue weighted by Gasteiger charge is -2.38. The third-order valence-electron chi connectivity index (χ3n) is 6.39. The average Bonchev–Trinajstić information content (AvgIpc) is 3.34. The molecule has 0 saturated carbocycles. The minimum absolute atomic E-state index is 0.200. The normalized spacial score (nSPS) is 14.9. The number of amides is 3. The highest BCUT2D eigenvalue weighted by atomic mass is 16.5. The highest BCUT2D eigenvalue weighted by Crippen LogP contribution is 2.41. The van der Waals surface area contributed by atoms with Gasteiger partial charge in [-0.3, -0.25) is 10.0 Å². The fraction of sp³-hybridized carbons (Fsp3) is 0.320. The molecule has 4 rings (SSSR count). The number of piperidine rings is 1. The number of methoxy groups -OCH3 is 2. The molecule has 0 atom stereocenters. The first kappa shape index (κ1) is 24.1. The summed E-state index contributed by atoms with van der Waals surface area (Å²) in [4.78, 5) is 31.2. The molecule has 184 valence electrons. The highest BCUT2D eigenvalue weighted by Gasteiger charge is 2.47. The van der Waals surface area contributed by atoms with Gasteiger partial charge in [0.25, 0.3) is 0 Å². The van der Waals surface area contributed by atoms with Crippen molar-refractivity contribution in [2.24, 2.45) is 5.73 Å². The molecule has 1 aromatic heterocycles. The van der Waals surface area contributed by atoms with E-state index in [0.29, 0.717) is 28.0 Å². The van der Waals surface area contributed by atoms with Gasteiger partial charge >= 0.3 is 6.03 Å². The predicted octanol–water partition coefficient (Wildman–Crippen LogP) is 3.29. The van der Waals surface area contributed by atoms with Crippen molar-refractivity contribution in [2.45, 2.75) is 18.3 Å². The summed E-state index contributed by atoms with van der Waals surface area (Å²) in [6.07, 6.45) is 0.430. The molecule has 0 spiro atoms. The number of primary amides is 1. The van der Waals surface area contributed by atoms with Crippen LogP contribution in [-0.4, -0.2) is 66.4 Å². The Balaban J connectivity index is 1.78. The molecule has 3 N–H and O–H groups in total. The number of ether oxygens (including phenoxy) is 2. The molecular formula is C25H28N4O6. The SMILES string of the molecule is COc1ccc(-c2nc(C3(C(N)=O)CCN(C(=O)N(C)O)CC3)oc2-c2ccc(OC)cc2)cc1. The fourth-order valence-corrected chi connectivity index (χ4v) is 4.26. The lowest BCUT2D eigenvalue weighted by molar-refractivity contribution is -0.126. The van der Waals surface area contributed by atoms with E-state index in [1.165, 1.54) is 11.9 Å². The highest BCUT2D eigenvalue weighted by molar-refractivity contribution is 5.87. The second-order valence-corrected chi connectivity index (χ2v) is 8.39. The largest absolute Gasteiger partial charge is 0.497 e. The third kappa shape index (κ3) is 4.52. The smallest absolute Gasteiger partial charge is 0.343 e. The Kier molecular flexibility index (Phi) is 6.65. The molecule has 0 bridgehead atoms. The van der Waals surface area contributed by atoms with E-state index in [4.69, 9.17) is 24.6 Å². The molecule has 2 aromatic carbocycles. The number of aromatic nitrogens is 1. The average molecular weight is 481 g/mol. The molecule has 0 unspecified atom stereocenters. The van der Waals surface area contributed by atoms with Gasteiger partial charge in [-0.1, -0.05) is 0 Å². The number of carbonyl (C=O) groups excluding carboxylic acids is 2. The van der Waals surface area contributed by atoms with Crippen LogP contribution < -0.4 is 15.2 Å². The zero-order chi connectivity index (χ0) is 25.2. The van der Waals surface area contributed by atoms with Crippen LogP contribution in [0.3, 0.4) is 0 Å². The molecule has 10 heteroatoms. The lowest BCUT2D eigenvalue weighted by Crippen LogP contribution is -2.53. The minimum Gasteiger partial charge on any atom is -0.497 e. The van der Waals surface area contributed by atoms with E-state index in [9.17, 15) is 14.8 Å². The molecule has 3 aromatic rings. The molecular weight excluding hydrogens is 452 g/mol. The summed E-state index contributed by atoms with van der Waals surface area (Å²) in [5.74, 6) is 1.50. The van der Waals surface area contributed by atoms with Gasteiger partial charge in [0.05, 0.1) is 14.2 Å². The molecule has 2 heterocycles. The van der Waals surface area contributed by atoms with Crippen LogP contribution in [0.25, 0.3) is 22.6 Å². The van der Waals surface area contributed by atoms with Crippen LogP contribution in [0, 0.1) is 0 Å². The summed E-state index contributed by atoms with van der Waals surface area (Å²) in [7, 11) is 4.44. The van der Waals surface area contributed by atoms with Crippen LogP contribution in [0.1, 0.15) is 18.7 Å². The van der Waals surface area contributed by atoms with Crippen LogP contribution in [0.5, 0.6) is 11.5 Å². The topological polar surface area (TPSA) is 131 Å². The van der Waals surface area contributed by atoms with Crippen molar-refractivity contribution in [3.05, 3.63) is 54.4 Å². The second kappa shape index (κ2) is 9.67. The van der Waals surface area contributed by atoms with Gasteiger partial charge in [0.15, 0.2) is 5.76 Å². The number of nitrogens with zero attached hydrogens (tertiary/aromatic N) is 3. The summed E-state index contributed by atoms with van der Waals surface area (Å²) in [6, 6.07) is 14.2. The summed E-state index contributed by atoms with van der Waals surface area (Å²) in [5.41, 5.74) is 6.79. The maximum Gasteiger partial charge on any atom is 0.343 e. The van der Waals surface area contributed by atoms with Gasteiger partial charge in [-0.05, 0) is 61.4 Å². The van der Waals surface area contributed by atoms with E-state index in [1.807, 2.05) is 48.5 Å². The first-order valence-electron chi connectivity index (χ1n) is 11.1. The Morgan fingerprint density at radius 2 is 1.51 bits per heavy atom. The molecule has 10 nitrogen and oxygen atoms in total. The summed E-state index contributed by atoms with van der Waals surface area (Å²) in [5, 5.41) is 10.0. The van der Waals surface area contributed by atoms with Gasteiger partial charge < -0.3 is 24.5 Å². The number of rotatable bonds is 6. The number of hydrogen-bond acceptors (Lipinski definition) is 7. The van der Waals surface area contributed by atoms with Crippen LogP contribution in [0.15, 0.2) is 52.9 Å². The van der Waals surface area contributed by atoms with Gasteiger partial charge in [-0.2, -0.15) is 0 Å². The maximum absolute atomic E-state index is 12.8. The van der Waals surface area contributed by atoms with E-state index in [-0.39, 0.29) is 31.8 Å².